The fraction of sp³-hybridized carbons (Fsp3) is 0.273. The van der Waals surface area contributed by atoms with Crippen LogP contribution in [-0.2, 0) is 6.54 Å². The van der Waals surface area contributed by atoms with Crippen molar-refractivity contribution >= 4 is 42.8 Å². The lowest BCUT2D eigenvalue weighted by molar-refractivity contribution is 0.711. The molecule has 74 valence electrons. The van der Waals surface area contributed by atoms with E-state index in [0.717, 1.165) is 18.3 Å². The van der Waals surface area contributed by atoms with Crippen LogP contribution >= 0.6 is 31.9 Å². The van der Waals surface area contributed by atoms with Gasteiger partial charge >= 0.3 is 0 Å². The summed E-state index contributed by atoms with van der Waals surface area (Å²) in [7, 11) is 0. The van der Waals surface area contributed by atoms with Crippen LogP contribution in [0.15, 0.2) is 34.9 Å². The molecule has 0 amide bonds. The molecule has 0 saturated carbocycles. The normalized spacial score (nSPS) is 11.0. The highest BCUT2D eigenvalue weighted by atomic mass is 79.9. The fourth-order valence-corrected chi connectivity index (χ4v) is 2.35. The Bertz CT molecular complexity index is 434. The highest BCUT2D eigenvalue weighted by Gasteiger charge is 2.02. The van der Waals surface area contributed by atoms with Crippen molar-refractivity contribution in [1.29, 1.82) is 0 Å². The summed E-state index contributed by atoms with van der Waals surface area (Å²) in [5.74, 6) is 0. The molecule has 0 fully saturated rings. The number of hydrogen-bond donors (Lipinski definition) is 0. The Labute approximate surface area is 100 Å². The van der Waals surface area contributed by atoms with E-state index in [1.165, 1.54) is 15.4 Å². The maximum absolute atomic E-state index is 3.56. The first-order valence-corrected chi connectivity index (χ1v) is 6.53. The zero-order valence-electron chi connectivity index (χ0n) is 7.71. The molecule has 14 heavy (non-hydrogen) atoms. The van der Waals surface area contributed by atoms with Gasteiger partial charge in [-0.25, -0.2) is 0 Å². The van der Waals surface area contributed by atoms with E-state index < -0.39 is 0 Å². The van der Waals surface area contributed by atoms with Crippen molar-refractivity contribution in [2.75, 3.05) is 5.33 Å². The first-order valence-electron chi connectivity index (χ1n) is 4.62. The average molecular weight is 317 g/mol. The highest BCUT2D eigenvalue weighted by Crippen LogP contribution is 2.24. The number of aromatic nitrogens is 1. The molecule has 1 nitrogen and oxygen atoms in total. The van der Waals surface area contributed by atoms with Gasteiger partial charge in [0, 0.05) is 33.4 Å². The van der Waals surface area contributed by atoms with Crippen LogP contribution in [0.1, 0.15) is 6.42 Å². The molecule has 0 aliphatic heterocycles. The molecular weight excluding hydrogens is 306 g/mol. The van der Waals surface area contributed by atoms with Crippen molar-refractivity contribution in [2.45, 2.75) is 13.0 Å². The summed E-state index contributed by atoms with van der Waals surface area (Å²) < 4.78 is 3.47. The minimum atomic E-state index is 1.06. The van der Waals surface area contributed by atoms with Gasteiger partial charge in [-0.15, -0.1) is 0 Å². The quantitative estimate of drug-likeness (QED) is 0.748. The summed E-state index contributed by atoms with van der Waals surface area (Å²) in [5.41, 5.74) is 1.31. The van der Waals surface area contributed by atoms with Gasteiger partial charge in [-0.1, -0.05) is 37.9 Å². The molecule has 1 heterocycles. The molecule has 0 bridgehead atoms. The van der Waals surface area contributed by atoms with Crippen LogP contribution < -0.4 is 0 Å². The van der Waals surface area contributed by atoms with E-state index in [1.807, 2.05) is 0 Å². The summed E-state index contributed by atoms with van der Waals surface area (Å²) in [4.78, 5) is 0. The Kier molecular flexibility index (Phi) is 3.29. The van der Waals surface area contributed by atoms with Crippen molar-refractivity contribution in [1.82, 2.24) is 4.57 Å². The fourth-order valence-electron chi connectivity index (χ4n) is 1.61. The predicted molar refractivity (Wildman–Crippen MR) is 68.0 cm³/mol. The maximum atomic E-state index is 3.56. The Morgan fingerprint density at radius 1 is 1.21 bits per heavy atom. The number of fused-ring (bicyclic) bond motifs is 1. The van der Waals surface area contributed by atoms with Crippen LogP contribution in [0, 0.1) is 0 Å². The summed E-state index contributed by atoms with van der Waals surface area (Å²) in [6.45, 7) is 1.07. The third-order valence-electron chi connectivity index (χ3n) is 2.29. The van der Waals surface area contributed by atoms with Gasteiger partial charge in [0.25, 0.3) is 0 Å². The third kappa shape index (κ3) is 1.89. The number of benzene rings is 1. The van der Waals surface area contributed by atoms with E-state index in [4.69, 9.17) is 0 Å². The van der Waals surface area contributed by atoms with Crippen molar-refractivity contribution in [2.24, 2.45) is 0 Å². The number of rotatable bonds is 3. The number of hydrogen-bond acceptors (Lipinski definition) is 0. The minimum Gasteiger partial charge on any atom is -0.347 e. The topological polar surface area (TPSA) is 4.93 Å². The summed E-state index contributed by atoms with van der Waals surface area (Å²) in [5, 5.41) is 2.35. The molecule has 0 aliphatic rings. The Balaban J connectivity index is 2.42. The van der Waals surface area contributed by atoms with Gasteiger partial charge < -0.3 is 4.57 Å². The van der Waals surface area contributed by atoms with Gasteiger partial charge in [0.15, 0.2) is 0 Å². The molecule has 0 aliphatic carbocycles. The number of halogens is 2. The van der Waals surface area contributed by atoms with Crippen LogP contribution in [0.2, 0.25) is 0 Å². The van der Waals surface area contributed by atoms with Gasteiger partial charge in [-0.05, 0) is 24.6 Å². The molecule has 0 spiro atoms. The van der Waals surface area contributed by atoms with E-state index in [1.54, 1.807) is 0 Å². The molecule has 0 saturated heterocycles. The number of aryl methyl sites for hydroxylation is 1. The molecule has 0 N–H and O–H groups in total. The van der Waals surface area contributed by atoms with Crippen LogP contribution in [0.5, 0.6) is 0 Å². The van der Waals surface area contributed by atoms with Gasteiger partial charge in [0.05, 0.1) is 0 Å². The van der Waals surface area contributed by atoms with E-state index >= 15 is 0 Å². The lowest BCUT2D eigenvalue weighted by Crippen LogP contribution is -1.95. The monoisotopic (exact) mass is 315 g/mol. The second-order valence-electron chi connectivity index (χ2n) is 3.22. The molecule has 0 atom stereocenters. The summed E-state index contributed by atoms with van der Waals surface area (Å²) in [6.07, 6.45) is 3.31. The van der Waals surface area contributed by atoms with Gasteiger partial charge in [0.1, 0.15) is 0 Å². The van der Waals surface area contributed by atoms with Gasteiger partial charge in [0.2, 0.25) is 0 Å². The molecule has 2 rings (SSSR count). The lowest BCUT2D eigenvalue weighted by atomic mass is 10.2. The predicted octanol–water partition coefficient (Wildman–Crippen LogP) is 4.19. The SMILES string of the molecule is BrCCCn1ccc2c(Br)cccc21. The minimum absolute atomic E-state index is 1.06. The van der Waals surface area contributed by atoms with E-state index in [-0.39, 0.29) is 0 Å². The Morgan fingerprint density at radius 3 is 2.86 bits per heavy atom. The molecule has 0 unspecified atom stereocenters. The smallest absolute Gasteiger partial charge is 0.0491 e. The Hall–Kier alpha value is -0.280. The third-order valence-corrected chi connectivity index (χ3v) is 3.55. The van der Waals surface area contributed by atoms with E-state index in [9.17, 15) is 0 Å². The van der Waals surface area contributed by atoms with Crippen molar-refractivity contribution in [3.63, 3.8) is 0 Å². The van der Waals surface area contributed by atoms with Crippen molar-refractivity contribution in [3.05, 3.63) is 34.9 Å². The second-order valence-corrected chi connectivity index (χ2v) is 4.87. The standard InChI is InChI=1S/C11H11Br2N/c12-6-2-7-14-8-5-9-10(13)3-1-4-11(9)14/h1,3-5,8H,2,6-7H2. The van der Waals surface area contributed by atoms with Crippen molar-refractivity contribution in [3.8, 4) is 0 Å². The Morgan fingerprint density at radius 2 is 2.07 bits per heavy atom. The number of alkyl halides is 1. The first kappa shape index (κ1) is 10.2. The molecule has 0 radical (unpaired) electrons. The van der Waals surface area contributed by atoms with Gasteiger partial charge in [-0.3, -0.25) is 0 Å². The van der Waals surface area contributed by atoms with E-state index in [0.29, 0.717) is 0 Å². The van der Waals surface area contributed by atoms with Crippen LogP contribution in [-0.4, -0.2) is 9.90 Å². The molecule has 1 aromatic heterocycles. The van der Waals surface area contributed by atoms with Crippen LogP contribution in [0.4, 0.5) is 0 Å². The lowest BCUT2D eigenvalue weighted by Gasteiger charge is -2.03. The second kappa shape index (κ2) is 4.49. The summed E-state index contributed by atoms with van der Waals surface area (Å²) >= 11 is 7.01. The summed E-state index contributed by atoms with van der Waals surface area (Å²) in [6, 6.07) is 8.48. The van der Waals surface area contributed by atoms with Crippen LogP contribution in [0.25, 0.3) is 10.9 Å². The largest absolute Gasteiger partial charge is 0.347 e. The van der Waals surface area contributed by atoms with E-state index in [2.05, 4.69) is 66.9 Å². The zero-order chi connectivity index (χ0) is 9.97. The maximum Gasteiger partial charge on any atom is 0.0491 e. The number of nitrogens with zero attached hydrogens (tertiary/aromatic N) is 1. The zero-order valence-corrected chi connectivity index (χ0v) is 10.9. The van der Waals surface area contributed by atoms with Gasteiger partial charge in [-0.2, -0.15) is 0 Å². The van der Waals surface area contributed by atoms with Crippen LogP contribution in [0.3, 0.4) is 0 Å². The molecule has 3 heteroatoms. The first-order chi connectivity index (χ1) is 6.83. The molecular formula is C11H11Br2N. The van der Waals surface area contributed by atoms with Crippen molar-refractivity contribution < 1.29 is 0 Å². The average Bonchev–Trinajstić information content (AvgIpc) is 2.60. The molecule has 2 aromatic rings. The highest BCUT2D eigenvalue weighted by molar-refractivity contribution is 9.10. The molecule has 1 aromatic carbocycles.